The Morgan fingerprint density at radius 2 is 2.09 bits per heavy atom. The average molecular weight is 319 g/mol. The molecule has 0 spiro atoms. The van der Waals surface area contributed by atoms with Crippen LogP contribution < -0.4 is 15.4 Å². The van der Waals surface area contributed by atoms with E-state index in [1.807, 2.05) is 13.0 Å². The zero-order chi connectivity index (χ0) is 16.7. The summed E-state index contributed by atoms with van der Waals surface area (Å²) in [6, 6.07) is 5.43. The molecule has 23 heavy (non-hydrogen) atoms. The number of nitrogens with one attached hydrogen (secondary N) is 2. The van der Waals surface area contributed by atoms with E-state index in [4.69, 9.17) is 9.47 Å². The first kappa shape index (κ1) is 17.1. The highest BCUT2D eigenvalue weighted by atomic mass is 16.5. The second-order valence-electron chi connectivity index (χ2n) is 5.55. The monoisotopic (exact) mass is 319 g/mol. The molecule has 1 aliphatic carbocycles. The number of carbonyl (C=O) groups is 1. The van der Waals surface area contributed by atoms with E-state index in [1.165, 1.54) is 27.1 Å². The third-order valence-corrected chi connectivity index (χ3v) is 3.69. The maximum absolute atomic E-state index is 11.8. The summed E-state index contributed by atoms with van der Waals surface area (Å²) in [5.74, 6) is 1.68. The Balaban J connectivity index is 2.06. The second-order valence-corrected chi connectivity index (χ2v) is 5.55. The van der Waals surface area contributed by atoms with E-state index < -0.39 is 5.97 Å². The minimum Gasteiger partial charge on any atom is -0.496 e. The Morgan fingerprint density at radius 1 is 1.30 bits per heavy atom. The molecule has 1 aromatic rings. The molecule has 0 atom stereocenters. The lowest BCUT2D eigenvalue weighted by Crippen LogP contribution is -2.38. The lowest BCUT2D eigenvalue weighted by atomic mass is 10.1. The van der Waals surface area contributed by atoms with Gasteiger partial charge in [0.05, 0.1) is 20.8 Å². The summed E-state index contributed by atoms with van der Waals surface area (Å²) in [6.07, 6.45) is 2.60. The number of hydrogen-bond donors (Lipinski definition) is 2. The lowest BCUT2D eigenvalue weighted by Gasteiger charge is -2.11. The highest BCUT2D eigenvalue weighted by Crippen LogP contribution is 2.27. The number of rotatable bonds is 7. The predicted molar refractivity (Wildman–Crippen MR) is 89.9 cm³/mol. The number of guanidine groups is 1. The van der Waals surface area contributed by atoms with Crippen molar-refractivity contribution in [2.24, 2.45) is 10.9 Å². The number of hydrogen-bond acceptors (Lipinski definition) is 4. The van der Waals surface area contributed by atoms with Gasteiger partial charge in [0.15, 0.2) is 5.96 Å². The third kappa shape index (κ3) is 5.16. The van der Waals surface area contributed by atoms with Crippen LogP contribution in [0.25, 0.3) is 0 Å². The molecule has 0 amide bonds. The summed E-state index contributed by atoms with van der Waals surface area (Å²) in [5, 5.41) is 6.58. The molecule has 0 radical (unpaired) electrons. The molecule has 0 saturated heterocycles. The van der Waals surface area contributed by atoms with Crippen molar-refractivity contribution in [1.29, 1.82) is 0 Å². The molecule has 1 aliphatic rings. The number of nitrogens with zero attached hydrogens (tertiary/aromatic N) is 1. The zero-order valence-corrected chi connectivity index (χ0v) is 14.0. The van der Waals surface area contributed by atoms with Gasteiger partial charge in [-0.25, -0.2) is 9.79 Å². The first-order valence-electron chi connectivity index (χ1n) is 7.95. The molecule has 0 bridgehead atoms. The fourth-order valence-electron chi connectivity index (χ4n) is 2.20. The van der Waals surface area contributed by atoms with Gasteiger partial charge in [0, 0.05) is 13.1 Å². The standard InChI is InChI=1S/C17H25N3O3/c1-4-18-17(19-10-12-5-6-12)20-11-13-7-8-15(22-2)14(9-13)16(21)23-3/h7-9,12H,4-6,10-11H2,1-3H3,(H2,18,19,20). The van der Waals surface area contributed by atoms with Gasteiger partial charge in [-0.2, -0.15) is 0 Å². The van der Waals surface area contributed by atoms with E-state index in [2.05, 4.69) is 15.6 Å². The summed E-state index contributed by atoms with van der Waals surface area (Å²) in [4.78, 5) is 16.4. The second kappa shape index (κ2) is 8.41. The number of ether oxygens (including phenoxy) is 2. The van der Waals surface area contributed by atoms with Crippen LogP contribution in [0.3, 0.4) is 0 Å². The minimum absolute atomic E-state index is 0.411. The molecule has 0 heterocycles. The topological polar surface area (TPSA) is 72.0 Å². The highest BCUT2D eigenvalue weighted by Gasteiger charge is 2.21. The lowest BCUT2D eigenvalue weighted by molar-refractivity contribution is 0.0597. The van der Waals surface area contributed by atoms with Crippen molar-refractivity contribution in [3.05, 3.63) is 29.3 Å². The Morgan fingerprint density at radius 3 is 2.70 bits per heavy atom. The predicted octanol–water partition coefficient (Wildman–Crippen LogP) is 1.95. The molecule has 6 heteroatoms. The van der Waals surface area contributed by atoms with Crippen LogP contribution >= 0.6 is 0 Å². The van der Waals surface area contributed by atoms with Crippen LogP contribution in [0.2, 0.25) is 0 Å². The van der Waals surface area contributed by atoms with Gasteiger partial charge in [0.25, 0.3) is 0 Å². The van der Waals surface area contributed by atoms with Crippen LogP contribution in [0.15, 0.2) is 23.2 Å². The number of methoxy groups -OCH3 is 2. The van der Waals surface area contributed by atoms with Crippen molar-refractivity contribution in [3.8, 4) is 5.75 Å². The molecule has 1 saturated carbocycles. The zero-order valence-electron chi connectivity index (χ0n) is 14.0. The van der Waals surface area contributed by atoms with Crippen molar-refractivity contribution in [3.63, 3.8) is 0 Å². The van der Waals surface area contributed by atoms with Gasteiger partial charge in [0.1, 0.15) is 11.3 Å². The van der Waals surface area contributed by atoms with Crippen LogP contribution in [0.1, 0.15) is 35.7 Å². The Kier molecular flexibility index (Phi) is 6.26. The number of aliphatic imine (C=N–C) groups is 1. The molecule has 0 aliphatic heterocycles. The van der Waals surface area contributed by atoms with Crippen LogP contribution in [-0.4, -0.2) is 39.2 Å². The summed E-state index contributed by atoms with van der Waals surface area (Å²) in [5.41, 5.74) is 1.34. The number of carbonyl (C=O) groups excluding carboxylic acids is 1. The molecule has 2 rings (SSSR count). The van der Waals surface area contributed by atoms with Gasteiger partial charge in [0.2, 0.25) is 0 Å². The summed E-state index contributed by atoms with van der Waals surface area (Å²) >= 11 is 0. The Labute approximate surface area is 137 Å². The van der Waals surface area contributed by atoms with Gasteiger partial charge in [-0.1, -0.05) is 6.07 Å². The fraction of sp³-hybridized carbons (Fsp3) is 0.529. The van der Waals surface area contributed by atoms with E-state index in [0.29, 0.717) is 17.9 Å². The quantitative estimate of drug-likeness (QED) is 0.456. The van der Waals surface area contributed by atoms with Gasteiger partial charge < -0.3 is 20.1 Å². The highest BCUT2D eigenvalue weighted by molar-refractivity contribution is 5.92. The van der Waals surface area contributed by atoms with E-state index >= 15 is 0 Å². The molecule has 126 valence electrons. The number of benzene rings is 1. The van der Waals surface area contributed by atoms with E-state index in [1.54, 1.807) is 12.1 Å². The van der Waals surface area contributed by atoms with Crippen molar-refractivity contribution < 1.29 is 14.3 Å². The fourth-order valence-corrected chi connectivity index (χ4v) is 2.20. The summed E-state index contributed by atoms with van der Waals surface area (Å²) < 4.78 is 9.99. The molecule has 1 fully saturated rings. The van der Waals surface area contributed by atoms with E-state index in [0.717, 1.165) is 30.5 Å². The molecule has 1 aromatic carbocycles. The molecule has 0 unspecified atom stereocenters. The van der Waals surface area contributed by atoms with Crippen molar-refractivity contribution in [2.45, 2.75) is 26.3 Å². The molecular weight excluding hydrogens is 294 g/mol. The summed E-state index contributed by atoms with van der Waals surface area (Å²) in [6.45, 7) is 4.29. The molecular formula is C17H25N3O3. The SMILES string of the molecule is CCNC(=NCc1ccc(OC)c(C(=O)OC)c1)NCC1CC1. The van der Waals surface area contributed by atoms with Crippen molar-refractivity contribution in [1.82, 2.24) is 10.6 Å². The van der Waals surface area contributed by atoms with E-state index in [-0.39, 0.29) is 0 Å². The van der Waals surface area contributed by atoms with Gasteiger partial charge >= 0.3 is 5.97 Å². The molecule has 0 aromatic heterocycles. The maximum atomic E-state index is 11.8. The Bertz CT molecular complexity index is 568. The average Bonchev–Trinajstić information content (AvgIpc) is 3.40. The maximum Gasteiger partial charge on any atom is 0.341 e. The minimum atomic E-state index is -0.411. The van der Waals surface area contributed by atoms with Crippen LogP contribution in [-0.2, 0) is 11.3 Å². The van der Waals surface area contributed by atoms with Gasteiger partial charge in [-0.3, -0.25) is 0 Å². The number of esters is 1. The van der Waals surface area contributed by atoms with Crippen LogP contribution in [0, 0.1) is 5.92 Å². The van der Waals surface area contributed by atoms with Crippen LogP contribution in [0.4, 0.5) is 0 Å². The molecule has 6 nitrogen and oxygen atoms in total. The Hall–Kier alpha value is -2.24. The van der Waals surface area contributed by atoms with E-state index in [9.17, 15) is 4.79 Å². The van der Waals surface area contributed by atoms with Crippen molar-refractivity contribution in [2.75, 3.05) is 27.3 Å². The van der Waals surface area contributed by atoms with Crippen LogP contribution in [0.5, 0.6) is 5.75 Å². The summed E-state index contributed by atoms with van der Waals surface area (Å²) in [7, 11) is 2.89. The van der Waals surface area contributed by atoms with Gasteiger partial charge in [-0.15, -0.1) is 0 Å². The van der Waals surface area contributed by atoms with Crippen molar-refractivity contribution >= 4 is 11.9 Å². The smallest absolute Gasteiger partial charge is 0.341 e. The normalized spacial score (nSPS) is 14.3. The third-order valence-electron chi connectivity index (χ3n) is 3.69. The molecule has 2 N–H and O–H groups in total. The van der Waals surface area contributed by atoms with Gasteiger partial charge in [-0.05, 0) is 43.4 Å². The largest absolute Gasteiger partial charge is 0.496 e. The first-order chi connectivity index (χ1) is 11.2. The first-order valence-corrected chi connectivity index (χ1v) is 7.95.